The number of carbonyl (C=O) groups is 2. The molecule has 2 aliphatic heterocycles. The molecule has 2 heterocycles. The molecule has 0 saturated carbocycles. The minimum atomic E-state index is -0.338. The molecule has 1 atom stereocenters. The maximum absolute atomic E-state index is 12.8. The Morgan fingerprint density at radius 3 is 2.38 bits per heavy atom. The summed E-state index contributed by atoms with van der Waals surface area (Å²) >= 11 is 0. The molecule has 0 bridgehead atoms. The second kappa shape index (κ2) is 10.8. The van der Waals surface area contributed by atoms with Gasteiger partial charge in [0.1, 0.15) is 0 Å². The van der Waals surface area contributed by atoms with Crippen molar-refractivity contribution in [3.05, 3.63) is 48.0 Å². The Morgan fingerprint density at radius 1 is 1.00 bits per heavy atom. The van der Waals surface area contributed by atoms with Crippen LogP contribution in [0.2, 0.25) is 0 Å². The van der Waals surface area contributed by atoms with Crippen LogP contribution in [0.3, 0.4) is 0 Å². The third-order valence-electron chi connectivity index (χ3n) is 6.71. The van der Waals surface area contributed by atoms with E-state index in [-0.39, 0.29) is 24.2 Å². The van der Waals surface area contributed by atoms with Gasteiger partial charge >= 0.3 is 0 Å². The van der Waals surface area contributed by atoms with Crippen LogP contribution in [0.25, 0.3) is 0 Å². The molecular formula is C26H34N4O4. The molecule has 8 heteroatoms. The number of nitrogens with one attached hydrogen (secondary N) is 1. The second-order valence-electron chi connectivity index (χ2n) is 9.01. The average molecular weight is 467 g/mol. The van der Waals surface area contributed by atoms with Gasteiger partial charge in [0.2, 0.25) is 11.8 Å². The van der Waals surface area contributed by atoms with Crippen LogP contribution in [0.1, 0.15) is 12.0 Å². The maximum atomic E-state index is 12.8. The summed E-state index contributed by atoms with van der Waals surface area (Å²) in [4.78, 5) is 31.8. The van der Waals surface area contributed by atoms with Gasteiger partial charge in [-0.1, -0.05) is 6.07 Å². The highest BCUT2D eigenvalue weighted by Gasteiger charge is 2.34. The molecule has 1 unspecified atom stereocenters. The Hall–Kier alpha value is -3.26. The highest BCUT2D eigenvalue weighted by atomic mass is 16.5. The van der Waals surface area contributed by atoms with Crippen molar-refractivity contribution in [2.24, 2.45) is 5.92 Å². The van der Waals surface area contributed by atoms with Gasteiger partial charge in [0, 0.05) is 57.1 Å². The molecule has 182 valence electrons. The van der Waals surface area contributed by atoms with Crippen LogP contribution >= 0.6 is 0 Å². The van der Waals surface area contributed by atoms with E-state index >= 15 is 0 Å². The molecule has 2 aliphatic rings. The molecule has 2 fully saturated rings. The summed E-state index contributed by atoms with van der Waals surface area (Å²) in [7, 11) is 5.35. The lowest BCUT2D eigenvalue weighted by molar-refractivity contribution is -0.128. The number of anilines is 2. The van der Waals surface area contributed by atoms with Gasteiger partial charge < -0.3 is 29.5 Å². The van der Waals surface area contributed by atoms with E-state index in [1.54, 1.807) is 19.1 Å². The summed E-state index contributed by atoms with van der Waals surface area (Å²) in [6, 6.07) is 13.7. The van der Waals surface area contributed by atoms with E-state index in [0.29, 0.717) is 31.0 Å². The third-order valence-corrected chi connectivity index (χ3v) is 6.71. The van der Waals surface area contributed by atoms with Gasteiger partial charge in [-0.25, -0.2) is 0 Å². The molecule has 2 aromatic carbocycles. The molecule has 0 aliphatic carbocycles. The highest BCUT2D eigenvalue weighted by Crippen LogP contribution is 2.28. The minimum absolute atomic E-state index is 0.0195. The Labute approximate surface area is 201 Å². The van der Waals surface area contributed by atoms with E-state index in [0.717, 1.165) is 37.4 Å². The number of likely N-dealkylation sites (tertiary alicyclic amines) is 1. The molecule has 2 saturated heterocycles. The van der Waals surface area contributed by atoms with Crippen LogP contribution in [0.5, 0.6) is 11.5 Å². The third kappa shape index (κ3) is 5.62. The predicted octanol–water partition coefficient (Wildman–Crippen LogP) is 2.49. The van der Waals surface area contributed by atoms with E-state index in [1.165, 1.54) is 5.69 Å². The normalized spacial score (nSPS) is 18.8. The topological polar surface area (TPSA) is 74.4 Å². The van der Waals surface area contributed by atoms with Crippen molar-refractivity contribution in [1.29, 1.82) is 0 Å². The van der Waals surface area contributed by atoms with Gasteiger partial charge in [-0.2, -0.15) is 0 Å². The molecule has 2 aromatic rings. The number of nitrogens with zero attached hydrogens (tertiary/aromatic N) is 3. The quantitative estimate of drug-likeness (QED) is 0.644. The molecule has 34 heavy (non-hydrogen) atoms. The van der Waals surface area contributed by atoms with E-state index in [9.17, 15) is 9.59 Å². The number of carbonyl (C=O) groups excluding carboxylic acids is 2. The number of hydrogen-bond donors (Lipinski definition) is 1. The van der Waals surface area contributed by atoms with Crippen LogP contribution in [-0.2, 0) is 16.0 Å². The molecule has 0 radical (unpaired) electrons. The van der Waals surface area contributed by atoms with Gasteiger partial charge in [-0.15, -0.1) is 0 Å². The van der Waals surface area contributed by atoms with Crippen molar-refractivity contribution in [1.82, 2.24) is 9.80 Å². The van der Waals surface area contributed by atoms with Crippen molar-refractivity contribution in [2.75, 3.05) is 70.8 Å². The molecule has 0 spiro atoms. The first kappa shape index (κ1) is 23.9. The summed E-state index contributed by atoms with van der Waals surface area (Å²) in [5.74, 6) is 0.927. The summed E-state index contributed by atoms with van der Waals surface area (Å²) in [6.07, 6.45) is 0.936. The van der Waals surface area contributed by atoms with E-state index < -0.39 is 0 Å². The maximum Gasteiger partial charge on any atom is 0.229 e. The lowest BCUT2D eigenvalue weighted by Gasteiger charge is -2.34. The monoisotopic (exact) mass is 466 g/mol. The van der Waals surface area contributed by atoms with Crippen molar-refractivity contribution >= 4 is 23.2 Å². The summed E-state index contributed by atoms with van der Waals surface area (Å²) in [5.41, 5.74) is 2.99. The zero-order valence-corrected chi connectivity index (χ0v) is 20.3. The van der Waals surface area contributed by atoms with Crippen molar-refractivity contribution in [3.8, 4) is 11.5 Å². The Bertz CT molecular complexity index is 1000. The zero-order valence-electron chi connectivity index (χ0n) is 20.3. The molecule has 0 aromatic heterocycles. The first-order valence-electron chi connectivity index (χ1n) is 11.8. The van der Waals surface area contributed by atoms with Crippen LogP contribution in [-0.4, -0.2) is 82.1 Å². The predicted molar refractivity (Wildman–Crippen MR) is 133 cm³/mol. The second-order valence-corrected chi connectivity index (χ2v) is 9.01. The van der Waals surface area contributed by atoms with Crippen LogP contribution in [0.15, 0.2) is 42.5 Å². The molecule has 8 nitrogen and oxygen atoms in total. The van der Waals surface area contributed by atoms with Crippen molar-refractivity contribution in [2.45, 2.75) is 12.8 Å². The molecule has 1 N–H and O–H groups in total. The number of likely N-dealkylation sites (N-methyl/N-ethyl adjacent to an activating group) is 1. The van der Waals surface area contributed by atoms with Crippen LogP contribution < -0.4 is 19.7 Å². The molecule has 4 rings (SSSR count). The van der Waals surface area contributed by atoms with E-state index in [2.05, 4.69) is 34.3 Å². The van der Waals surface area contributed by atoms with Gasteiger partial charge in [-0.05, 0) is 55.4 Å². The molecular weight excluding hydrogens is 432 g/mol. The van der Waals surface area contributed by atoms with Crippen molar-refractivity contribution < 1.29 is 19.1 Å². The fourth-order valence-electron chi connectivity index (χ4n) is 4.53. The van der Waals surface area contributed by atoms with Gasteiger partial charge in [0.05, 0.1) is 20.1 Å². The number of piperazine rings is 1. The van der Waals surface area contributed by atoms with Gasteiger partial charge in [-0.3, -0.25) is 9.59 Å². The number of rotatable bonds is 8. The average Bonchev–Trinajstić information content (AvgIpc) is 3.24. The highest BCUT2D eigenvalue weighted by molar-refractivity contribution is 5.97. The summed E-state index contributed by atoms with van der Waals surface area (Å²) in [5, 5.41) is 2.99. The minimum Gasteiger partial charge on any atom is -0.493 e. The van der Waals surface area contributed by atoms with Crippen molar-refractivity contribution in [3.63, 3.8) is 0 Å². The zero-order chi connectivity index (χ0) is 24.1. The standard InChI is InChI=1S/C26H34N4O4/c1-28-12-14-29(15-13-28)22-7-5-21(6-8-22)27-26(32)20-17-25(31)30(18-20)11-10-19-4-9-23(33-2)24(16-19)34-3/h4-9,16,20H,10-15,17-18H2,1-3H3,(H,27,32). The van der Waals surface area contributed by atoms with E-state index in [1.807, 2.05) is 30.3 Å². The summed E-state index contributed by atoms with van der Waals surface area (Å²) in [6.45, 7) is 5.12. The van der Waals surface area contributed by atoms with Crippen LogP contribution in [0, 0.1) is 5.92 Å². The lowest BCUT2D eigenvalue weighted by atomic mass is 10.1. The Kier molecular flexibility index (Phi) is 7.57. The number of hydrogen-bond acceptors (Lipinski definition) is 6. The van der Waals surface area contributed by atoms with E-state index in [4.69, 9.17) is 9.47 Å². The number of ether oxygens (including phenoxy) is 2. The number of benzene rings is 2. The van der Waals surface area contributed by atoms with Gasteiger partial charge in [0.15, 0.2) is 11.5 Å². The smallest absolute Gasteiger partial charge is 0.229 e. The largest absolute Gasteiger partial charge is 0.493 e. The fraction of sp³-hybridized carbons (Fsp3) is 0.462. The first-order valence-corrected chi connectivity index (χ1v) is 11.8. The van der Waals surface area contributed by atoms with Crippen LogP contribution in [0.4, 0.5) is 11.4 Å². The fourth-order valence-corrected chi connectivity index (χ4v) is 4.53. The SMILES string of the molecule is COc1ccc(CCN2CC(C(=O)Nc3ccc(N4CCN(C)CC4)cc3)CC2=O)cc1OC. The Morgan fingerprint density at radius 2 is 1.71 bits per heavy atom. The number of methoxy groups -OCH3 is 2. The van der Waals surface area contributed by atoms with Gasteiger partial charge in [0.25, 0.3) is 0 Å². The molecule has 2 amide bonds. The Balaban J connectivity index is 1.28. The first-order chi connectivity index (χ1) is 16.5. The lowest BCUT2D eigenvalue weighted by Crippen LogP contribution is -2.44. The number of amides is 2. The summed E-state index contributed by atoms with van der Waals surface area (Å²) < 4.78 is 10.6.